The van der Waals surface area contributed by atoms with Crippen LogP contribution < -0.4 is 10.5 Å². The first-order valence-electron chi connectivity index (χ1n) is 9.02. The van der Waals surface area contributed by atoms with Crippen molar-refractivity contribution in [1.29, 1.82) is 0 Å². The third-order valence-corrected chi connectivity index (χ3v) is 4.57. The van der Waals surface area contributed by atoms with Crippen molar-refractivity contribution >= 4 is 5.91 Å². The van der Waals surface area contributed by atoms with Gasteiger partial charge in [-0.3, -0.25) is 9.78 Å². The first kappa shape index (κ1) is 19.5. The summed E-state index contributed by atoms with van der Waals surface area (Å²) in [5.74, 6) is 0.219. The van der Waals surface area contributed by atoms with Gasteiger partial charge < -0.3 is 10.5 Å². The van der Waals surface area contributed by atoms with E-state index in [0.717, 1.165) is 22.4 Å². The first-order chi connectivity index (χ1) is 13.2. The number of rotatable bonds is 6. The molecule has 0 radical (unpaired) electrons. The predicted octanol–water partition coefficient (Wildman–Crippen LogP) is 4.94. The quantitative estimate of drug-likeness (QED) is 0.661. The van der Waals surface area contributed by atoms with Crippen LogP contribution in [0, 0.1) is 6.92 Å². The Hall–Kier alpha value is -3.21. The average Bonchev–Trinajstić information content (AvgIpc) is 2.66. The number of aryl methyl sites for hydroxylation is 1. The number of amides is 1. The molecule has 0 saturated carbocycles. The number of halogens is 1. The van der Waals surface area contributed by atoms with E-state index < -0.39 is 11.6 Å². The van der Waals surface area contributed by atoms with E-state index in [1.807, 2.05) is 31.2 Å². The molecule has 144 valence electrons. The molecule has 0 saturated heterocycles. The van der Waals surface area contributed by atoms with Gasteiger partial charge in [0.25, 0.3) is 0 Å². The lowest BCUT2D eigenvalue weighted by Crippen LogP contribution is -2.12. The maximum Gasteiger partial charge on any atom is 0.248 e. The van der Waals surface area contributed by atoms with Crippen molar-refractivity contribution in [2.75, 3.05) is 0 Å². The second-order valence-electron chi connectivity index (χ2n) is 7.22. The van der Waals surface area contributed by atoms with E-state index in [9.17, 15) is 9.18 Å². The molecule has 0 fully saturated rings. The average molecular weight is 378 g/mol. The number of aromatic nitrogens is 1. The topological polar surface area (TPSA) is 65.2 Å². The van der Waals surface area contributed by atoms with Gasteiger partial charge in [-0.25, -0.2) is 4.39 Å². The van der Waals surface area contributed by atoms with E-state index in [2.05, 4.69) is 4.98 Å². The molecular weight excluding hydrogens is 355 g/mol. The SMILES string of the molecule is Cc1cc(-c2ccnc(COc3ccc(C(C)(C)F)cc3)c2)ccc1C(N)=O. The molecule has 0 aliphatic rings. The Labute approximate surface area is 164 Å². The van der Waals surface area contributed by atoms with Gasteiger partial charge in [0.15, 0.2) is 0 Å². The zero-order valence-electron chi connectivity index (χ0n) is 16.2. The fourth-order valence-corrected chi connectivity index (χ4v) is 2.96. The van der Waals surface area contributed by atoms with Gasteiger partial charge in [0.1, 0.15) is 18.0 Å². The van der Waals surface area contributed by atoms with Gasteiger partial charge in [0.2, 0.25) is 5.91 Å². The van der Waals surface area contributed by atoms with E-state index in [0.29, 0.717) is 23.5 Å². The Balaban J connectivity index is 1.73. The highest BCUT2D eigenvalue weighted by atomic mass is 19.1. The lowest BCUT2D eigenvalue weighted by Gasteiger charge is -2.15. The zero-order chi connectivity index (χ0) is 20.3. The molecule has 5 heteroatoms. The number of nitrogens with two attached hydrogens (primary N) is 1. The second kappa shape index (κ2) is 7.80. The van der Waals surface area contributed by atoms with Crippen molar-refractivity contribution in [3.63, 3.8) is 0 Å². The molecule has 3 aromatic rings. The van der Waals surface area contributed by atoms with Crippen LogP contribution in [0.5, 0.6) is 5.75 Å². The van der Waals surface area contributed by atoms with Crippen molar-refractivity contribution in [3.8, 4) is 16.9 Å². The minimum Gasteiger partial charge on any atom is -0.487 e. The van der Waals surface area contributed by atoms with E-state index in [4.69, 9.17) is 10.5 Å². The summed E-state index contributed by atoms with van der Waals surface area (Å²) >= 11 is 0. The van der Waals surface area contributed by atoms with Gasteiger partial charge in [0.05, 0.1) is 5.69 Å². The van der Waals surface area contributed by atoms with Gasteiger partial charge in [-0.05, 0) is 73.4 Å². The molecule has 0 bridgehead atoms. The molecule has 1 heterocycles. The van der Waals surface area contributed by atoms with Crippen LogP contribution in [-0.4, -0.2) is 10.9 Å². The Kier molecular flexibility index (Phi) is 5.45. The van der Waals surface area contributed by atoms with Crippen LogP contribution in [0.25, 0.3) is 11.1 Å². The molecule has 0 spiro atoms. The van der Waals surface area contributed by atoms with Gasteiger partial charge >= 0.3 is 0 Å². The molecular formula is C23H23FN2O2. The number of alkyl halides is 1. The van der Waals surface area contributed by atoms with Crippen LogP contribution in [0.1, 0.15) is 41.0 Å². The van der Waals surface area contributed by atoms with Crippen LogP contribution in [0.3, 0.4) is 0 Å². The van der Waals surface area contributed by atoms with Gasteiger partial charge in [0, 0.05) is 11.8 Å². The smallest absolute Gasteiger partial charge is 0.248 e. The van der Waals surface area contributed by atoms with E-state index in [1.54, 1.807) is 36.5 Å². The van der Waals surface area contributed by atoms with Crippen LogP contribution in [0.2, 0.25) is 0 Å². The molecule has 0 aliphatic carbocycles. The molecule has 0 aliphatic heterocycles. The summed E-state index contributed by atoms with van der Waals surface area (Å²) in [7, 11) is 0. The lowest BCUT2D eigenvalue weighted by molar-refractivity contribution is 0.0999. The van der Waals surface area contributed by atoms with Crippen molar-refractivity contribution in [1.82, 2.24) is 4.98 Å². The van der Waals surface area contributed by atoms with Gasteiger partial charge in [-0.1, -0.05) is 24.3 Å². The number of primary amides is 1. The summed E-state index contributed by atoms with van der Waals surface area (Å²) in [5.41, 5.74) is 8.66. The Bertz CT molecular complexity index is 992. The Morgan fingerprint density at radius 2 is 1.75 bits per heavy atom. The monoisotopic (exact) mass is 378 g/mol. The zero-order valence-corrected chi connectivity index (χ0v) is 16.2. The number of carbonyl (C=O) groups is 1. The summed E-state index contributed by atoms with van der Waals surface area (Å²) in [4.78, 5) is 15.7. The maximum atomic E-state index is 13.9. The summed E-state index contributed by atoms with van der Waals surface area (Å²) in [6, 6.07) is 16.3. The van der Waals surface area contributed by atoms with Crippen LogP contribution in [0.4, 0.5) is 4.39 Å². The summed E-state index contributed by atoms with van der Waals surface area (Å²) < 4.78 is 19.7. The Morgan fingerprint density at radius 3 is 2.36 bits per heavy atom. The summed E-state index contributed by atoms with van der Waals surface area (Å²) in [5, 5.41) is 0. The highest BCUT2D eigenvalue weighted by Gasteiger charge is 2.18. The van der Waals surface area contributed by atoms with E-state index in [1.165, 1.54) is 13.8 Å². The second-order valence-corrected chi connectivity index (χ2v) is 7.22. The number of pyridine rings is 1. The lowest BCUT2D eigenvalue weighted by atomic mass is 10.00. The highest BCUT2D eigenvalue weighted by Crippen LogP contribution is 2.27. The third kappa shape index (κ3) is 4.55. The molecule has 0 atom stereocenters. The predicted molar refractivity (Wildman–Crippen MR) is 108 cm³/mol. The maximum absolute atomic E-state index is 13.9. The van der Waals surface area contributed by atoms with E-state index in [-0.39, 0.29) is 0 Å². The van der Waals surface area contributed by atoms with Gasteiger partial charge in [-0.15, -0.1) is 0 Å². The minimum absolute atomic E-state index is 0.296. The van der Waals surface area contributed by atoms with Crippen molar-refractivity contribution < 1.29 is 13.9 Å². The summed E-state index contributed by atoms with van der Waals surface area (Å²) in [6.45, 7) is 5.20. The normalized spacial score (nSPS) is 11.3. The Morgan fingerprint density at radius 1 is 1.07 bits per heavy atom. The van der Waals surface area contributed by atoms with Gasteiger partial charge in [-0.2, -0.15) is 0 Å². The molecule has 2 N–H and O–H groups in total. The number of benzene rings is 2. The molecule has 1 aromatic heterocycles. The first-order valence-corrected chi connectivity index (χ1v) is 9.02. The van der Waals surface area contributed by atoms with E-state index >= 15 is 0 Å². The molecule has 2 aromatic carbocycles. The van der Waals surface area contributed by atoms with Crippen molar-refractivity contribution in [2.45, 2.75) is 33.0 Å². The fourth-order valence-electron chi connectivity index (χ4n) is 2.96. The molecule has 4 nitrogen and oxygen atoms in total. The fraction of sp³-hybridized carbons (Fsp3) is 0.217. The number of nitrogens with zero attached hydrogens (tertiary/aromatic N) is 1. The number of ether oxygens (including phenoxy) is 1. The van der Waals surface area contributed by atoms with Crippen molar-refractivity contribution in [2.24, 2.45) is 5.73 Å². The standard InChI is InChI=1S/C23H23FN2O2/c1-15-12-16(4-9-21(15)22(25)27)17-10-11-26-19(13-17)14-28-20-7-5-18(6-8-20)23(2,3)24/h4-13H,14H2,1-3H3,(H2,25,27). The van der Waals surface area contributed by atoms with Crippen LogP contribution in [-0.2, 0) is 12.3 Å². The molecule has 28 heavy (non-hydrogen) atoms. The number of carbonyl (C=O) groups excluding carboxylic acids is 1. The van der Waals surface area contributed by atoms with Crippen LogP contribution >= 0.6 is 0 Å². The number of hydrogen-bond acceptors (Lipinski definition) is 3. The molecule has 0 unspecified atom stereocenters. The summed E-state index contributed by atoms with van der Waals surface area (Å²) in [6.07, 6.45) is 1.72. The van der Waals surface area contributed by atoms with Crippen LogP contribution in [0.15, 0.2) is 60.8 Å². The minimum atomic E-state index is -1.38. The molecule has 3 rings (SSSR count). The van der Waals surface area contributed by atoms with Crippen molar-refractivity contribution in [3.05, 3.63) is 83.2 Å². The third-order valence-electron chi connectivity index (χ3n) is 4.57. The highest BCUT2D eigenvalue weighted by molar-refractivity contribution is 5.94. The number of hydrogen-bond donors (Lipinski definition) is 1. The molecule has 1 amide bonds. The largest absolute Gasteiger partial charge is 0.487 e.